The Labute approximate surface area is 122 Å². The molecule has 3 fully saturated rings. The van der Waals surface area contributed by atoms with Gasteiger partial charge in [-0.15, -0.1) is 0 Å². The van der Waals surface area contributed by atoms with Crippen molar-refractivity contribution in [2.24, 2.45) is 0 Å². The fourth-order valence-electron chi connectivity index (χ4n) is 4.37. The van der Waals surface area contributed by atoms with E-state index in [0.717, 1.165) is 32.6 Å². The first-order chi connectivity index (χ1) is 9.59. The molecule has 0 aromatic carbocycles. The van der Waals surface area contributed by atoms with Gasteiger partial charge in [-0.3, -0.25) is 0 Å². The number of β-amino-alcohol motifs (C(OH)–C–C–N with tert-alkyl or cyclic N) is 1. The SMILES string of the molecule is CN(CC1CCC2(CCCCC2)O1)CC1(O)CCNC1. The number of hydrogen-bond acceptors (Lipinski definition) is 4. The van der Waals surface area contributed by atoms with Gasteiger partial charge in [0.1, 0.15) is 0 Å². The van der Waals surface area contributed by atoms with E-state index in [9.17, 15) is 5.11 Å². The number of ether oxygens (including phenoxy) is 1. The van der Waals surface area contributed by atoms with Crippen LogP contribution in [0.25, 0.3) is 0 Å². The van der Waals surface area contributed by atoms with Gasteiger partial charge in [0, 0.05) is 19.6 Å². The molecule has 0 radical (unpaired) electrons. The Kier molecular flexibility index (Phi) is 4.37. The first-order valence-corrected chi connectivity index (χ1v) is 8.39. The fraction of sp³-hybridized carbons (Fsp3) is 1.00. The molecule has 2 saturated heterocycles. The van der Waals surface area contributed by atoms with Gasteiger partial charge in [-0.2, -0.15) is 0 Å². The third kappa shape index (κ3) is 3.35. The minimum Gasteiger partial charge on any atom is -0.387 e. The summed E-state index contributed by atoms with van der Waals surface area (Å²) >= 11 is 0. The molecule has 2 aliphatic heterocycles. The van der Waals surface area contributed by atoms with Crippen LogP contribution in [0.2, 0.25) is 0 Å². The summed E-state index contributed by atoms with van der Waals surface area (Å²) < 4.78 is 6.42. The summed E-state index contributed by atoms with van der Waals surface area (Å²) in [4.78, 5) is 2.26. The van der Waals surface area contributed by atoms with Crippen LogP contribution in [0, 0.1) is 0 Å². The average Bonchev–Trinajstić information content (AvgIpc) is 2.98. The first kappa shape index (κ1) is 14.8. The molecule has 2 atom stereocenters. The van der Waals surface area contributed by atoms with E-state index in [-0.39, 0.29) is 5.60 Å². The molecule has 2 N–H and O–H groups in total. The van der Waals surface area contributed by atoms with E-state index in [1.54, 1.807) is 0 Å². The smallest absolute Gasteiger partial charge is 0.0909 e. The molecular formula is C16H30N2O2. The van der Waals surface area contributed by atoms with Crippen molar-refractivity contribution >= 4 is 0 Å². The van der Waals surface area contributed by atoms with Gasteiger partial charge < -0.3 is 20.1 Å². The highest BCUT2D eigenvalue weighted by Gasteiger charge is 2.41. The minimum absolute atomic E-state index is 0.218. The molecule has 0 bridgehead atoms. The van der Waals surface area contributed by atoms with Crippen molar-refractivity contribution in [3.63, 3.8) is 0 Å². The van der Waals surface area contributed by atoms with Crippen molar-refractivity contribution in [1.29, 1.82) is 0 Å². The molecule has 116 valence electrons. The molecular weight excluding hydrogens is 252 g/mol. The highest BCUT2D eigenvalue weighted by atomic mass is 16.5. The van der Waals surface area contributed by atoms with Gasteiger partial charge in [-0.1, -0.05) is 19.3 Å². The zero-order valence-electron chi connectivity index (χ0n) is 12.9. The predicted octanol–water partition coefficient (Wildman–Crippen LogP) is 1.52. The van der Waals surface area contributed by atoms with Crippen molar-refractivity contribution in [3.8, 4) is 0 Å². The lowest BCUT2D eigenvalue weighted by atomic mass is 9.83. The van der Waals surface area contributed by atoms with E-state index in [1.165, 1.54) is 44.9 Å². The average molecular weight is 282 g/mol. The number of rotatable bonds is 4. The van der Waals surface area contributed by atoms with E-state index in [2.05, 4.69) is 17.3 Å². The van der Waals surface area contributed by atoms with Gasteiger partial charge in [0.05, 0.1) is 17.3 Å². The minimum atomic E-state index is -0.532. The topological polar surface area (TPSA) is 44.7 Å². The molecule has 2 unspecified atom stereocenters. The van der Waals surface area contributed by atoms with E-state index < -0.39 is 5.60 Å². The lowest BCUT2D eigenvalue weighted by molar-refractivity contribution is -0.0748. The Balaban J connectivity index is 1.46. The standard InChI is InChI=1S/C16H30N2O2/c1-18(13-15(19)9-10-17-12-15)11-14-5-8-16(20-14)6-3-2-4-7-16/h14,17,19H,2-13H2,1H3. The maximum absolute atomic E-state index is 10.4. The number of hydrogen-bond donors (Lipinski definition) is 2. The number of likely N-dealkylation sites (N-methyl/N-ethyl adjacent to an activating group) is 1. The van der Waals surface area contributed by atoms with Crippen LogP contribution in [0.5, 0.6) is 0 Å². The van der Waals surface area contributed by atoms with Crippen molar-refractivity contribution in [3.05, 3.63) is 0 Å². The zero-order chi connectivity index (χ0) is 14.1. The summed E-state index contributed by atoms with van der Waals surface area (Å²) in [5.41, 5.74) is -0.314. The lowest BCUT2D eigenvalue weighted by Gasteiger charge is -2.34. The number of nitrogens with one attached hydrogen (secondary N) is 1. The maximum atomic E-state index is 10.4. The number of aliphatic hydroxyl groups is 1. The molecule has 20 heavy (non-hydrogen) atoms. The highest BCUT2D eigenvalue weighted by molar-refractivity contribution is 4.94. The Morgan fingerprint density at radius 1 is 1.20 bits per heavy atom. The molecule has 1 aliphatic carbocycles. The molecule has 0 aromatic heterocycles. The van der Waals surface area contributed by atoms with E-state index in [1.807, 2.05) is 0 Å². The summed E-state index contributed by atoms with van der Waals surface area (Å²) in [7, 11) is 2.12. The third-order valence-corrected chi connectivity index (χ3v) is 5.40. The summed E-state index contributed by atoms with van der Waals surface area (Å²) in [5.74, 6) is 0. The van der Waals surface area contributed by atoms with Gasteiger partial charge in [0.25, 0.3) is 0 Å². The van der Waals surface area contributed by atoms with Crippen LogP contribution in [0.1, 0.15) is 51.4 Å². The van der Waals surface area contributed by atoms with Gasteiger partial charge in [0.2, 0.25) is 0 Å². The molecule has 4 heteroatoms. The largest absolute Gasteiger partial charge is 0.387 e. The van der Waals surface area contributed by atoms with Crippen LogP contribution in [-0.4, -0.2) is 60.5 Å². The van der Waals surface area contributed by atoms with Crippen LogP contribution < -0.4 is 5.32 Å². The van der Waals surface area contributed by atoms with Crippen LogP contribution in [-0.2, 0) is 4.74 Å². The fourth-order valence-corrected chi connectivity index (χ4v) is 4.37. The maximum Gasteiger partial charge on any atom is 0.0909 e. The van der Waals surface area contributed by atoms with Crippen LogP contribution in [0.4, 0.5) is 0 Å². The van der Waals surface area contributed by atoms with Crippen LogP contribution in [0.15, 0.2) is 0 Å². The summed E-state index contributed by atoms with van der Waals surface area (Å²) in [5, 5.41) is 13.7. The number of nitrogens with zero attached hydrogens (tertiary/aromatic N) is 1. The molecule has 2 heterocycles. The second-order valence-corrected chi connectivity index (χ2v) is 7.37. The Morgan fingerprint density at radius 2 is 2.00 bits per heavy atom. The molecule has 1 spiro atoms. The monoisotopic (exact) mass is 282 g/mol. The van der Waals surface area contributed by atoms with Crippen molar-refractivity contribution in [2.45, 2.75) is 68.7 Å². The summed E-state index contributed by atoms with van der Waals surface area (Å²) in [6.07, 6.45) is 10.3. The lowest BCUT2D eigenvalue weighted by Crippen LogP contribution is -2.45. The summed E-state index contributed by atoms with van der Waals surface area (Å²) in [6, 6.07) is 0. The molecule has 3 rings (SSSR count). The second-order valence-electron chi connectivity index (χ2n) is 7.37. The highest BCUT2D eigenvalue weighted by Crippen LogP contribution is 2.42. The van der Waals surface area contributed by atoms with Gasteiger partial charge in [-0.25, -0.2) is 0 Å². The second kappa shape index (κ2) is 5.91. The molecule has 1 saturated carbocycles. The van der Waals surface area contributed by atoms with E-state index in [4.69, 9.17) is 4.74 Å². The van der Waals surface area contributed by atoms with Gasteiger partial charge in [-0.05, 0) is 45.7 Å². The van der Waals surface area contributed by atoms with Gasteiger partial charge in [0.15, 0.2) is 0 Å². The Hall–Kier alpha value is -0.160. The Morgan fingerprint density at radius 3 is 2.70 bits per heavy atom. The molecule has 3 aliphatic rings. The molecule has 0 amide bonds. The van der Waals surface area contributed by atoms with E-state index >= 15 is 0 Å². The van der Waals surface area contributed by atoms with Crippen molar-refractivity contribution in [1.82, 2.24) is 10.2 Å². The molecule has 0 aromatic rings. The normalized spacial score (nSPS) is 37.0. The zero-order valence-corrected chi connectivity index (χ0v) is 12.9. The Bertz CT molecular complexity index is 322. The van der Waals surface area contributed by atoms with Gasteiger partial charge >= 0.3 is 0 Å². The van der Waals surface area contributed by atoms with Crippen LogP contribution in [0.3, 0.4) is 0 Å². The first-order valence-electron chi connectivity index (χ1n) is 8.39. The summed E-state index contributed by atoms with van der Waals surface area (Å²) in [6.45, 7) is 3.39. The van der Waals surface area contributed by atoms with Crippen molar-refractivity contribution in [2.75, 3.05) is 33.2 Å². The van der Waals surface area contributed by atoms with E-state index in [0.29, 0.717) is 6.10 Å². The van der Waals surface area contributed by atoms with Crippen molar-refractivity contribution < 1.29 is 9.84 Å². The third-order valence-electron chi connectivity index (χ3n) is 5.40. The predicted molar refractivity (Wildman–Crippen MR) is 79.9 cm³/mol. The quantitative estimate of drug-likeness (QED) is 0.821. The molecule has 4 nitrogen and oxygen atoms in total. The van der Waals surface area contributed by atoms with Crippen LogP contribution >= 0.6 is 0 Å².